The maximum atomic E-state index is 13.4. The van der Waals surface area contributed by atoms with Gasteiger partial charge in [0.05, 0.1) is 21.5 Å². The average Bonchev–Trinajstić information content (AvgIpc) is 2.80. The molecule has 0 unspecified atom stereocenters. The number of aryl methyl sites for hydroxylation is 1. The summed E-state index contributed by atoms with van der Waals surface area (Å²) in [7, 11) is -3.68. The minimum absolute atomic E-state index is 0.0903. The molecule has 20 heavy (non-hydrogen) atoms. The third-order valence-corrected chi connectivity index (χ3v) is 5.67. The number of hydrogen-bond donors (Lipinski definition) is 1. The Morgan fingerprint density at radius 2 is 2.20 bits per heavy atom. The van der Waals surface area contributed by atoms with E-state index in [0.717, 1.165) is 6.42 Å². The summed E-state index contributed by atoms with van der Waals surface area (Å²) >= 11 is 3.02. The summed E-state index contributed by atoms with van der Waals surface area (Å²) < 4.78 is 46.5. The normalized spacial score (nSPS) is 23.2. The largest absolute Gasteiger partial charge is 0.377 e. The molecule has 1 aliphatic rings. The molecule has 7 heteroatoms. The molecule has 0 spiro atoms. The predicted octanol–water partition coefficient (Wildman–Crippen LogP) is 2.74. The number of ether oxygens (including phenoxy) is 1. The molecule has 1 fully saturated rings. The zero-order valence-electron chi connectivity index (χ0n) is 11.3. The SMILES string of the molecule is CC[C@H]1OCC[C@@H]1NS(=O)(=O)c1cc(Br)c(F)cc1C. The van der Waals surface area contributed by atoms with Gasteiger partial charge in [-0.25, -0.2) is 17.5 Å². The fraction of sp³-hybridized carbons (Fsp3) is 0.538. The van der Waals surface area contributed by atoms with Crippen molar-refractivity contribution in [1.29, 1.82) is 0 Å². The Bertz CT molecular complexity index is 606. The first kappa shape index (κ1) is 15.9. The van der Waals surface area contributed by atoms with E-state index in [1.165, 1.54) is 12.1 Å². The van der Waals surface area contributed by atoms with E-state index < -0.39 is 15.8 Å². The molecule has 1 saturated heterocycles. The Hall–Kier alpha value is -0.500. The van der Waals surface area contributed by atoms with E-state index in [2.05, 4.69) is 20.7 Å². The number of sulfonamides is 1. The quantitative estimate of drug-likeness (QED) is 0.892. The Kier molecular flexibility index (Phi) is 4.84. The lowest BCUT2D eigenvalue weighted by molar-refractivity contribution is 0.0990. The highest BCUT2D eigenvalue weighted by Crippen LogP contribution is 2.25. The van der Waals surface area contributed by atoms with Gasteiger partial charge in [-0.1, -0.05) is 6.92 Å². The van der Waals surface area contributed by atoms with Crippen LogP contribution in [0.25, 0.3) is 0 Å². The van der Waals surface area contributed by atoms with Gasteiger partial charge in [0.25, 0.3) is 0 Å². The summed E-state index contributed by atoms with van der Waals surface area (Å²) in [6, 6.07) is 2.28. The molecule has 0 amide bonds. The number of hydrogen-bond acceptors (Lipinski definition) is 3. The maximum Gasteiger partial charge on any atom is 0.241 e. The standard InChI is InChI=1S/C13H17BrFNO3S/c1-3-12-11(4-5-19-12)16-20(17,18)13-7-9(14)10(15)6-8(13)2/h6-7,11-12,16H,3-5H2,1-2H3/t11-,12+/m0/s1. The Morgan fingerprint density at radius 1 is 1.50 bits per heavy atom. The van der Waals surface area contributed by atoms with Gasteiger partial charge in [0.1, 0.15) is 5.82 Å². The molecule has 4 nitrogen and oxygen atoms in total. The van der Waals surface area contributed by atoms with E-state index in [9.17, 15) is 12.8 Å². The van der Waals surface area contributed by atoms with Gasteiger partial charge in [-0.05, 0) is 53.4 Å². The van der Waals surface area contributed by atoms with E-state index >= 15 is 0 Å². The van der Waals surface area contributed by atoms with Crippen LogP contribution < -0.4 is 4.72 Å². The Labute approximate surface area is 126 Å². The van der Waals surface area contributed by atoms with Gasteiger partial charge in [0.15, 0.2) is 0 Å². The number of benzene rings is 1. The molecule has 1 N–H and O–H groups in total. The molecular weight excluding hydrogens is 349 g/mol. The van der Waals surface area contributed by atoms with Crippen LogP contribution in [0.2, 0.25) is 0 Å². The maximum absolute atomic E-state index is 13.4. The van der Waals surface area contributed by atoms with Crippen molar-refractivity contribution >= 4 is 26.0 Å². The van der Waals surface area contributed by atoms with Crippen LogP contribution in [-0.2, 0) is 14.8 Å². The fourth-order valence-corrected chi connectivity index (χ4v) is 4.41. The summed E-state index contributed by atoms with van der Waals surface area (Å²) in [5.74, 6) is -0.475. The summed E-state index contributed by atoms with van der Waals surface area (Å²) in [5, 5.41) is 0. The van der Waals surface area contributed by atoms with Crippen molar-refractivity contribution < 1.29 is 17.5 Å². The van der Waals surface area contributed by atoms with Gasteiger partial charge < -0.3 is 4.74 Å². The lowest BCUT2D eigenvalue weighted by Crippen LogP contribution is -2.40. The molecule has 1 aliphatic heterocycles. The van der Waals surface area contributed by atoms with Crippen LogP contribution >= 0.6 is 15.9 Å². The van der Waals surface area contributed by atoms with Crippen LogP contribution in [-0.4, -0.2) is 27.2 Å². The first-order chi connectivity index (χ1) is 9.35. The van der Waals surface area contributed by atoms with E-state index in [-0.39, 0.29) is 21.5 Å². The first-order valence-electron chi connectivity index (χ1n) is 6.44. The van der Waals surface area contributed by atoms with Gasteiger partial charge in [-0.3, -0.25) is 0 Å². The van der Waals surface area contributed by atoms with Gasteiger partial charge in [0.2, 0.25) is 10.0 Å². The molecule has 2 rings (SSSR count). The molecule has 0 bridgehead atoms. The Morgan fingerprint density at radius 3 is 2.85 bits per heavy atom. The average molecular weight is 366 g/mol. The van der Waals surface area contributed by atoms with Gasteiger partial charge in [-0.15, -0.1) is 0 Å². The molecule has 0 aliphatic carbocycles. The van der Waals surface area contributed by atoms with Gasteiger partial charge >= 0.3 is 0 Å². The lowest BCUT2D eigenvalue weighted by Gasteiger charge is -2.19. The van der Waals surface area contributed by atoms with E-state index in [1.807, 2.05) is 6.92 Å². The van der Waals surface area contributed by atoms with Gasteiger partial charge in [0, 0.05) is 6.61 Å². The highest BCUT2D eigenvalue weighted by Gasteiger charge is 2.31. The second-order valence-electron chi connectivity index (χ2n) is 4.87. The second kappa shape index (κ2) is 6.09. The van der Waals surface area contributed by atoms with Crippen LogP contribution in [0.1, 0.15) is 25.3 Å². The van der Waals surface area contributed by atoms with Crippen molar-refractivity contribution in [3.05, 3.63) is 28.0 Å². The molecule has 2 atom stereocenters. The summed E-state index contributed by atoms with van der Waals surface area (Å²) in [6.07, 6.45) is 1.30. The molecule has 1 heterocycles. The first-order valence-corrected chi connectivity index (χ1v) is 8.72. The topological polar surface area (TPSA) is 55.4 Å². The third kappa shape index (κ3) is 3.21. The van der Waals surface area contributed by atoms with Crippen molar-refractivity contribution in [2.75, 3.05) is 6.61 Å². The summed E-state index contributed by atoms with van der Waals surface area (Å²) in [6.45, 7) is 4.08. The monoisotopic (exact) mass is 365 g/mol. The number of halogens is 2. The zero-order chi connectivity index (χ0) is 14.9. The summed E-state index contributed by atoms with van der Waals surface area (Å²) in [4.78, 5) is 0.0903. The molecule has 112 valence electrons. The van der Waals surface area contributed by atoms with E-state index in [0.29, 0.717) is 18.6 Å². The van der Waals surface area contributed by atoms with Gasteiger partial charge in [-0.2, -0.15) is 0 Å². The van der Waals surface area contributed by atoms with E-state index in [1.54, 1.807) is 6.92 Å². The van der Waals surface area contributed by atoms with Crippen molar-refractivity contribution in [3.63, 3.8) is 0 Å². The Balaban J connectivity index is 2.29. The smallest absolute Gasteiger partial charge is 0.241 e. The molecule has 1 aromatic carbocycles. The summed E-state index contributed by atoms with van der Waals surface area (Å²) in [5.41, 5.74) is 0.380. The van der Waals surface area contributed by atoms with Crippen LogP contribution in [0, 0.1) is 12.7 Å². The van der Waals surface area contributed by atoms with Crippen LogP contribution in [0.15, 0.2) is 21.5 Å². The van der Waals surface area contributed by atoms with E-state index in [4.69, 9.17) is 4.74 Å². The van der Waals surface area contributed by atoms with Crippen molar-refractivity contribution in [3.8, 4) is 0 Å². The zero-order valence-corrected chi connectivity index (χ0v) is 13.7. The fourth-order valence-electron chi connectivity index (χ4n) is 2.37. The van der Waals surface area contributed by atoms with Crippen LogP contribution in [0.4, 0.5) is 4.39 Å². The minimum atomic E-state index is -3.68. The van der Waals surface area contributed by atoms with Crippen LogP contribution in [0.5, 0.6) is 0 Å². The highest BCUT2D eigenvalue weighted by molar-refractivity contribution is 9.10. The second-order valence-corrected chi connectivity index (χ2v) is 7.40. The lowest BCUT2D eigenvalue weighted by atomic mass is 10.1. The van der Waals surface area contributed by atoms with Crippen molar-refractivity contribution in [2.24, 2.45) is 0 Å². The predicted molar refractivity (Wildman–Crippen MR) is 77.6 cm³/mol. The molecular formula is C13H17BrFNO3S. The van der Waals surface area contributed by atoms with Crippen molar-refractivity contribution in [2.45, 2.75) is 43.7 Å². The molecule has 1 aromatic rings. The van der Waals surface area contributed by atoms with Crippen molar-refractivity contribution in [1.82, 2.24) is 4.72 Å². The minimum Gasteiger partial charge on any atom is -0.377 e. The third-order valence-electron chi connectivity index (χ3n) is 3.43. The molecule has 0 aromatic heterocycles. The van der Waals surface area contributed by atoms with Crippen LogP contribution in [0.3, 0.4) is 0 Å². The highest BCUT2D eigenvalue weighted by atomic mass is 79.9. The number of nitrogens with one attached hydrogen (secondary N) is 1. The number of rotatable bonds is 4. The molecule has 0 radical (unpaired) electrons. The molecule has 0 saturated carbocycles.